The Hall–Kier alpha value is -1.65. The van der Waals surface area contributed by atoms with Crippen molar-refractivity contribution in [3.05, 3.63) is 54.6 Å². The number of aromatic nitrogens is 2. The van der Waals surface area contributed by atoms with Gasteiger partial charge in [-0.05, 0) is 36.6 Å². The number of fused-ring (bicyclic) bond motifs is 1. The SMILES string of the molecule is c1cncc(CN2CCO[C@H]3C(Cn4cccc4)CC[C@@H]32)c1. The summed E-state index contributed by atoms with van der Waals surface area (Å²) < 4.78 is 8.45. The summed E-state index contributed by atoms with van der Waals surface area (Å²) >= 11 is 0. The van der Waals surface area contributed by atoms with E-state index in [0.717, 1.165) is 26.2 Å². The summed E-state index contributed by atoms with van der Waals surface area (Å²) in [4.78, 5) is 6.84. The van der Waals surface area contributed by atoms with Gasteiger partial charge >= 0.3 is 0 Å². The molecule has 0 aromatic carbocycles. The standard InChI is InChI=1S/C18H23N3O/c1-2-9-20(8-1)14-16-5-6-17-18(16)22-11-10-21(17)13-15-4-3-7-19-12-15/h1-4,7-9,12,16-18H,5-6,10-11,13-14H2/t16?,17-,18-/m0/s1. The molecule has 0 N–H and O–H groups in total. The highest BCUT2D eigenvalue weighted by atomic mass is 16.5. The molecular weight excluding hydrogens is 274 g/mol. The second kappa shape index (κ2) is 6.23. The number of hydrogen-bond acceptors (Lipinski definition) is 3. The highest BCUT2D eigenvalue weighted by molar-refractivity contribution is 5.09. The molecule has 4 heteroatoms. The highest BCUT2D eigenvalue weighted by Gasteiger charge is 2.42. The van der Waals surface area contributed by atoms with Crippen LogP contribution in [0.1, 0.15) is 18.4 Å². The van der Waals surface area contributed by atoms with Gasteiger partial charge in [0.2, 0.25) is 0 Å². The summed E-state index contributed by atoms with van der Waals surface area (Å²) in [7, 11) is 0. The molecule has 3 heterocycles. The zero-order valence-corrected chi connectivity index (χ0v) is 12.8. The molecule has 0 spiro atoms. The summed E-state index contributed by atoms with van der Waals surface area (Å²) in [5.41, 5.74) is 1.30. The average molecular weight is 297 g/mol. The van der Waals surface area contributed by atoms with Crippen molar-refractivity contribution in [1.29, 1.82) is 0 Å². The van der Waals surface area contributed by atoms with Gasteiger partial charge in [-0.1, -0.05) is 6.07 Å². The van der Waals surface area contributed by atoms with E-state index < -0.39 is 0 Å². The molecule has 0 bridgehead atoms. The van der Waals surface area contributed by atoms with Gasteiger partial charge < -0.3 is 9.30 Å². The smallest absolute Gasteiger partial charge is 0.0776 e. The Labute approximate surface area is 131 Å². The van der Waals surface area contributed by atoms with Crippen LogP contribution >= 0.6 is 0 Å². The van der Waals surface area contributed by atoms with Crippen molar-refractivity contribution in [2.24, 2.45) is 5.92 Å². The van der Waals surface area contributed by atoms with Crippen LogP contribution < -0.4 is 0 Å². The van der Waals surface area contributed by atoms with Gasteiger partial charge in [0.05, 0.1) is 12.7 Å². The minimum absolute atomic E-state index is 0.382. The Morgan fingerprint density at radius 3 is 2.91 bits per heavy atom. The van der Waals surface area contributed by atoms with E-state index >= 15 is 0 Å². The fourth-order valence-electron chi connectivity index (χ4n) is 4.02. The average Bonchev–Trinajstić information content (AvgIpc) is 3.20. The minimum Gasteiger partial charge on any atom is -0.375 e. The van der Waals surface area contributed by atoms with Crippen LogP contribution in [0.3, 0.4) is 0 Å². The maximum atomic E-state index is 6.16. The van der Waals surface area contributed by atoms with E-state index in [-0.39, 0.29) is 0 Å². The molecule has 3 atom stereocenters. The van der Waals surface area contributed by atoms with Gasteiger partial charge in [0.1, 0.15) is 0 Å². The zero-order valence-electron chi connectivity index (χ0n) is 12.8. The van der Waals surface area contributed by atoms with Gasteiger partial charge in [0, 0.05) is 56.4 Å². The van der Waals surface area contributed by atoms with Gasteiger partial charge in [-0.3, -0.25) is 9.88 Å². The quantitative estimate of drug-likeness (QED) is 0.869. The van der Waals surface area contributed by atoms with E-state index in [1.54, 1.807) is 0 Å². The number of rotatable bonds is 4. The Kier molecular flexibility index (Phi) is 3.95. The normalized spacial score (nSPS) is 28.6. The van der Waals surface area contributed by atoms with E-state index in [4.69, 9.17) is 4.74 Å². The van der Waals surface area contributed by atoms with Gasteiger partial charge in [0.15, 0.2) is 0 Å². The molecule has 22 heavy (non-hydrogen) atoms. The monoisotopic (exact) mass is 297 g/mol. The molecule has 4 nitrogen and oxygen atoms in total. The lowest BCUT2D eigenvalue weighted by Crippen LogP contribution is -2.50. The Bertz CT molecular complexity index is 584. The van der Waals surface area contributed by atoms with Crippen LogP contribution in [0.4, 0.5) is 0 Å². The molecule has 1 saturated heterocycles. The van der Waals surface area contributed by atoms with Gasteiger partial charge in [-0.2, -0.15) is 0 Å². The first kappa shape index (κ1) is 14.0. The van der Waals surface area contributed by atoms with Gasteiger partial charge in [-0.15, -0.1) is 0 Å². The first-order valence-electron chi connectivity index (χ1n) is 8.25. The first-order chi connectivity index (χ1) is 10.9. The Morgan fingerprint density at radius 2 is 2.09 bits per heavy atom. The van der Waals surface area contributed by atoms with Crippen LogP contribution in [0.2, 0.25) is 0 Å². The van der Waals surface area contributed by atoms with Crippen molar-refractivity contribution in [2.45, 2.75) is 38.1 Å². The summed E-state index contributed by atoms with van der Waals surface area (Å²) in [6, 6.07) is 8.96. The largest absolute Gasteiger partial charge is 0.375 e. The molecule has 0 amide bonds. The molecule has 4 rings (SSSR count). The second-order valence-corrected chi connectivity index (χ2v) is 6.45. The van der Waals surface area contributed by atoms with Crippen molar-refractivity contribution in [3.8, 4) is 0 Å². The molecule has 2 aliphatic rings. The fraction of sp³-hybridized carbons (Fsp3) is 0.500. The molecular formula is C18H23N3O. The van der Waals surface area contributed by atoms with Crippen LogP contribution in [0.25, 0.3) is 0 Å². The molecule has 116 valence electrons. The summed E-state index contributed by atoms with van der Waals surface area (Å²) in [6.07, 6.45) is 11.0. The van der Waals surface area contributed by atoms with Crippen LogP contribution in [-0.4, -0.2) is 39.7 Å². The number of pyridine rings is 1. The number of morpholine rings is 1. The van der Waals surface area contributed by atoms with E-state index in [2.05, 4.69) is 45.0 Å². The van der Waals surface area contributed by atoms with E-state index in [9.17, 15) is 0 Å². The topological polar surface area (TPSA) is 30.3 Å². The van der Waals surface area contributed by atoms with Crippen molar-refractivity contribution < 1.29 is 4.74 Å². The number of nitrogens with zero attached hydrogens (tertiary/aromatic N) is 3. The van der Waals surface area contributed by atoms with Crippen LogP contribution in [-0.2, 0) is 17.8 Å². The molecule has 1 unspecified atom stereocenters. The molecule has 2 aromatic heterocycles. The lowest BCUT2D eigenvalue weighted by molar-refractivity contribution is -0.0786. The molecule has 1 aliphatic carbocycles. The summed E-state index contributed by atoms with van der Waals surface area (Å²) in [5, 5.41) is 0. The summed E-state index contributed by atoms with van der Waals surface area (Å²) in [6.45, 7) is 3.96. The lowest BCUT2D eigenvalue weighted by atomic mass is 10.0. The van der Waals surface area contributed by atoms with Crippen LogP contribution in [0.5, 0.6) is 0 Å². The summed E-state index contributed by atoms with van der Waals surface area (Å²) in [5.74, 6) is 0.633. The van der Waals surface area contributed by atoms with Gasteiger partial charge in [-0.25, -0.2) is 0 Å². The molecule has 0 radical (unpaired) electrons. The van der Waals surface area contributed by atoms with Crippen LogP contribution in [0, 0.1) is 5.92 Å². The zero-order chi connectivity index (χ0) is 14.8. The van der Waals surface area contributed by atoms with E-state index in [1.165, 1.54) is 18.4 Å². The first-order valence-corrected chi connectivity index (χ1v) is 8.25. The van der Waals surface area contributed by atoms with Gasteiger partial charge in [0.25, 0.3) is 0 Å². The van der Waals surface area contributed by atoms with Crippen molar-refractivity contribution >= 4 is 0 Å². The van der Waals surface area contributed by atoms with Crippen LogP contribution in [0.15, 0.2) is 49.1 Å². The minimum atomic E-state index is 0.382. The lowest BCUT2D eigenvalue weighted by Gasteiger charge is -2.39. The molecule has 2 fully saturated rings. The third-order valence-electron chi connectivity index (χ3n) is 5.05. The number of ether oxygens (including phenoxy) is 1. The van der Waals surface area contributed by atoms with Crippen molar-refractivity contribution in [1.82, 2.24) is 14.5 Å². The molecule has 2 aromatic rings. The molecule has 1 saturated carbocycles. The fourth-order valence-corrected chi connectivity index (χ4v) is 4.02. The Balaban J connectivity index is 1.44. The van der Waals surface area contributed by atoms with Crippen molar-refractivity contribution in [3.63, 3.8) is 0 Å². The molecule has 1 aliphatic heterocycles. The third-order valence-corrected chi connectivity index (χ3v) is 5.05. The Morgan fingerprint density at radius 1 is 1.18 bits per heavy atom. The van der Waals surface area contributed by atoms with E-state index in [0.29, 0.717) is 18.1 Å². The van der Waals surface area contributed by atoms with Crippen molar-refractivity contribution in [2.75, 3.05) is 13.2 Å². The maximum absolute atomic E-state index is 6.16. The predicted molar refractivity (Wildman–Crippen MR) is 85.3 cm³/mol. The maximum Gasteiger partial charge on any atom is 0.0776 e. The predicted octanol–water partition coefficient (Wildman–Crippen LogP) is 2.56. The third kappa shape index (κ3) is 2.81. The highest BCUT2D eigenvalue weighted by Crippen LogP contribution is 2.36. The second-order valence-electron chi connectivity index (χ2n) is 6.45. The number of hydrogen-bond donors (Lipinski definition) is 0. The van der Waals surface area contributed by atoms with E-state index in [1.807, 2.05) is 18.5 Å².